The first-order valence-electron chi connectivity index (χ1n) is 5.67. The number of hydrogen-bond acceptors (Lipinski definition) is 2. The maximum absolute atomic E-state index is 12.4. The van der Waals surface area contributed by atoms with Crippen molar-refractivity contribution >= 4 is 10.8 Å². The van der Waals surface area contributed by atoms with Gasteiger partial charge in [0.05, 0.1) is 10.9 Å². The summed E-state index contributed by atoms with van der Waals surface area (Å²) in [4.78, 5) is 0. The van der Waals surface area contributed by atoms with Gasteiger partial charge in [0.25, 0.3) is 0 Å². The molecule has 15 heavy (non-hydrogen) atoms. The van der Waals surface area contributed by atoms with E-state index in [1.165, 1.54) is 0 Å². The van der Waals surface area contributed by atoms with Gasteiger partial charge in [-0.25, -0.2) is 0 Å². The molecular formula is C12H26O2S. The van der Waals surface area contributed by atoms with E-state index in [9.17, 15) is 9.32 Å². The maximum Gasteiger partial charge on any atom is 0.0732 e. The molecule has 1 N–H and O–H groups in total. The van der Waals surface area contributed by atoms with Crippen LogP contribution >= 0.6 is 0 Å². The third-order valence-electron chi connectivity index (χ3n) is 2.94. The highest BCUT2D eigenvalue weighted by atomic mass is 32.2. The van der Waals surface area contributed by atoms with Gasteiger partial charge in [-0.3, -0.25) is 4.21 Å². The van der Waals surface area contributed by atoms with E-state index >= 15 is 0 Å². The van der Waals surface area contributed by atoms with Crippen LogP contribution in [0.4, 0.5) is 0 Å². The van der Waals surface area contributed by atoms with Crippen molar-refractivity contribution in [3.63, 3.8) is 0 Å². The lowest BCUT2D eigenvalue weighted by molar-refractivity contribution is 0.0846. The first-order valence-corrected chi connectivity index (χ1v) is 6.82. The molecule has 2 nitrogen and oxygen atoms in total. The molecule has 0 fully saturated rings. The largest absolute Gasteiger partial charge is 0.391 e. The SMILES string of the molecule is CC[C@](C)([C@H](O)C(C)C)S(=O)C(C)(C)C. The molecule has 0 rings (SSSR count). The Morgan fingerprint density at radius 1 is 1.20 bits per heavy atom. The number of rotatable bonds is 4. The molecule has 0 aromatic rings. The van der Waals surface area contributed by atoms with Crippen molar-refractivity contribution < 1.29 is 9.32 Å². The molecule has 0 saturated heterocycles. The van der Waals surface area contributed by atoms with Crippen LogP contribution in [0.15, 0.2) is 0 Å². The first-order chi connectivity index (χ1) is 6.57. The molecule has 0 amide bonds. The van der Waals surface area contributed by atoms with E-state index in [1.807, 2.05) is 48.5 Å². The molecule has 0 heterocycles. The lowest BCUT2D eigenvalue weighted by Gasteiger charge is -2.39. The van der Waals surface area contributed by atoms with Crippen LogP contribution in [0.2, 0.25) is 0 Å². The third kappa shape index (κ3) is 3.28. The van der Waals surface area contributed by atoms with E-state index in [1.54, 1.807) is 0 Å². The molecule has 0 aliphatic rings. The van der Waals surface area contributed by atoms with Gasteiger partial charge in [-0.05, 0) is 40.0 Å². The van der Waals surface area contributed by atoms with E-state index < -0.39 is 21.7 Å². The summed E-state index contributed by atoms with van der Waals surface area (Å²) in [6, 6.07) is 0. The zero-order valence-electron chi connectivity index (χ0n) is 11.1. The van der Waals surface area contributed by atoms with Gasteiger partial charge in [0.2, 0.25) is 0 Å². The van der Waals surface area contributed by atoms with Crippen LogP contribution in [-0.4, -0.2) is 24.9 Å². The van der Waals surface area contributed by atoms with Crippen molar-refractivity contribution in [1.82, 2.24) is 0 Å². The van der Waals surface area contributed by atoms with Gasteiger partial charge in [0, 0.05) is 15.5 Å². The van der Waals surface area contributed by atoms with Crippen molar-refractivity contribution in [2.24, 2.45) is 5.92 Å². The molecule has 0 radical (unpaired) electrons. The van der Waals surface area contributed by atoms with Gasteiger partial charge in [-0.15, -0.1) is 0 Å². The normalized spacial score (nSPS) is 21.1. The monoisotopic (exact) mass is 234 g/mol. The van der Waals surface area contributed by atoms with Crippen molar-refractivity contribution in [1.29, 1.82) is 0 Å². The maximum atomic E-state index is 12.4. The Labute approximate surface area is 96.9 Å². The minimum absolute atomic E-state index is 0.140. The molecule has 0 spiro atoms. The Kier molecular flexibility index (Phi) is 5.00. The summed E-state index contributed by atoms with van der Waals surface area (Å²) < 4.78 is 11.6. The highest BCUT2D eigenvalue weighted by Crippen LogP contribution is 2.33. The summed E-state index contributed by atoms with van der Waals surface area (Å²) in [5.74, 6) is 0.140. The van der Waals surface area contributed by atoms with Crippen molar-refractivity contribution in [3.05, 3.63) is 0 Å². The predicted octanol–water partition coefficient (Wildman–Crippen LogP) is 2.72. The molecule has 0 aromatic carbocycles. The second kappa shape index (κ2) is 4.96. The molecule has 3 atom stereocenters. The highest BCUT2D eigenvalue weighted by Gasteiger charge is 2.43. The van der Waals surface area contributed by atoms with E-state index in [-0.39, 0.29) is 10.7 Å². The zero-order chi connectivity index (χ0) is 12.4. The Morgan fingerprint density at radius 3 is 1.80 bits per heavy atom. The summed E-state index contributed by atoms with van der Waals surface area (Å²) in [7, 11) is -1.04. The fourth-order valence-corrected chi connectivity index (χ4v) is 4.01. The first kappa shape index (κ1) is 15.1. The van der Waals surface area contributed by atoms with Gasteiger partial charge in [-0.1, -0.05) is 20.8 Å². The summed E-state index contributed by atoms with van der Waals surface area (Å²) in [6.07, 6.45) is 0.221. The molecule has 3 heteroatoms. The quantitative estimate of drug-likeness (QED) is 0.812. The van der Waals surface area contributed by atoms with Crippen LogP contribution in [0.5, 0.6) is 0 Å². The molecule has 1 unspecified atom stereocenters. The summed E-state index contributed by atoms with van der Waals surface area (Å²) in [6.45, 7) is 13.8. The van der Waals surface area contributed by atoms with Crippen LogP contribution in [0.3, 0.4) is 0 Å². The molecule has 0 saturated carbocycles. The van der Waals surface area contributed by atoms with E-state index in [4.69, 9.17) is 0 Å². The second-order valence-corrected chi connectivity index (χ2v) is 8.43. The van der Waals surface area contributed by atoms with Crippen molar-refractivity contribution in [2.45, 2.75) is 70.5 Å². The summed E-state index contributed by atoms with van der Waals surface area (Å²) in [5, 5.41) is 10.2. The predicted molar refractivity (Wildman–Crippen MR) is 67.4 cm³/mol. The third-order valence-corrected chi connectivity index (χ3v) is 5.43. The average molecular weight is 234 g/mol. The van der Waals surface area contributed by atoms with Crippen LogP contribution in [0, 0.1) is 5.92 Å². The Hall–Kier alpha value is 0.110. The standard InChI is InChI=1S/C12H26O2S/c1-8-12(7,10(13)9(2)3)15(14)11(4,5)6/h9-10,13H,8H2,1-7H3/t10-,12-,15?/m1/s1. The second-order valence-electron chi connectivity index (χ2n) is 5.74. The van der Waals surface area contributed by atoms with Crippen LogP contribution in [0.25, 0.3) is 0 Å². The smallest absolute Gasteiger partial charge is 0.0732 e. The van der Waals surface area contributed by atoms with Gasteiger partial charge in [-0.2, -0.15) is 0 Å². The van der Waals surface area contributed by atoms with Gasteiger partial charge in [0.1, 0.15) is 0 Å². The van der Waals surface area contributed by atoms with Crippen molar-refractivity contribution in [3.8, 4) is 0 Å². The number of aliphatic hydroxyl groups excluding tert-OH is 1. The van der Waals surface area contributed by atoms with Crippen LogP contribution in [0.1, 0.15) is 54.9 Å². The topological polar surface area (TPSA) is 37.3 Å². The number of hydrogen-bond donors (Lipinski definition) is 1. The van der Waals surface area contributed by atoms with E-state index in [0.29, 0.717) is 0 Å². The van der Waals surface area contributed by atoms with Gasteiger partial charge in [0.15, 0.2) is 0 Å². The lowest BCUT2D eigenvalue weighted by Crippen LogP contribution is -2.51. The van der Waals surface area contributed by atoms with E-state index in [2.05, 4.69) is 0 Å². The Bertz CT molecular complexity index is 230. The van der Waals surface area contributed by atoms with Crippen molar-refractivity contribution in [2.75, 3.05) is 0 Å². The molecular weight excluding hydrogens is 208 g/mol. The molecule has 92 valence electrons. The molecule has 0 bridgehead atoms. The van der Waals surface area contributed by atoms with Crippen LogP contribution < -0.4 is 0 Å². The molecule has 0 aliphatic carbocycles. The Balaban J connectivity index is 5.10. The highest BCUT2D eigenvalue weighted by molar-refractivity contribution is 7.87. The molecule has 0 aromatic heterocycles. The minimum atomic E-state index is -1.04. The van der Waals surface area contributed by atoms with Crippen LogP contribution in [-0.2, 0) is 10.8 Å². The van der Waals surface area contributed by atoms with E-state index in [0.717, 1.165) is 6.42 Å². The summed E-state index contributed by atoms with van der Waals surface area (Å²) >= 11 is 0. The fraction of sp³-hybridized carbons (Fsp3) is 1.00. The molecule has 0 aliphatic heterocycles. The Morgan fingerprint density at radius 2 is 1.60 bits per heavy atom. The van der Waals surface area contributed by atoms with Gasteiger partial charge < -0.3 is 5.11 Å². The summed E-state index contributed by atoms with van der Waals surface area (Å²) in [5.41, 5.74) is 0. The lowest BCUT2D eigenvalue weighted by atomic mass is 9.92. The number of aliphatic hydroxyl groups is 1. The fourth-order valence-electron chi connectivity index (χ4n) is 1.85. The minimum Gasteiger partial charge on any atom is -0.391 e. The zero-order valence-corrected chi connectivity index (χ0v) is 11.9. The van der Waals surface area contributed by atoms with Gasteiger partial charge >= 0.3 is 0 Å². The average Bonchev–Trinajstić information content (AvgIpc) is 2.12.